The van der Waals surface area contributed by atoms with Crippen molar-refractivity contribution in [3.63, 3.8) is 0 Å². The van der Waals surface area contributed by atoms with Crippen LogP contribution in [0.5, 0.6) is 40.2 Å². The van der Waals surface area contributed by atoms with Crippen molar-refractivity contribution >= 4 is 0 Å². The minimum Gasteiger partial charge on any atom is -0.497 e. The molecule has 0 radical (unpaired) electrons. The first-order chi connectivity index (χ1) is 38.8. The van der Waals surface area contributed by atoms with Crippen LogP contribution in [0.15, 0.2) is 146 Å². The SMILES string of the molecule is CCOc1cccc(OCC(O)CN(CC(O)COc2ccc(C)cc2)C(C)(C)C(C)COC(C)(C)CC(C)N(CC(O)COc2ccc(Cc3ccc(OC)cc3)cc2)CC(O)COc2ccc(Cc3ccc(OC)cc3)cc2)c1. The topological polar surface area (TPSA) is 161 Å². The number of aliphatic hydroxyl groups is 4. The monoisotopic (exact) mass is 1110 g/mol. The lowest BCUT2D eigenvalue weighted by atomic mass is 9.86. The molecule has 14 heteroatoms. The summed E-state index contributed by atoms with van der Waals surface area (Å²) in [6.45, 7) is 18.4. The second kappa shape index (κ2) is 31.7. The summed E-state index contributed by atoms with van der Waals surface area (Å²) in [7, 11) is 3.32. The zero-order valence-corrected chi connectivity index (χ0v) is 49.5. The van der Waals surface area contributed by atoms with E-state index in [2.05, 4.69) is 75.6 Å². The molecule has 440 valence electrons. The lowest BCUT2D eigenvalue weighted by Crippen LogP contribution is -2.56. The Bertz CT molecular complexity index is 2600. The second-order valence-corrected chi connectivity index (χ2v) is 22.5. The van der Waals surface area contributed by atoms with Gasteiger partial charge < -0.3 is 58.3 Å². The Morgan fingerprint density at radius 1 is 0.444 bits per heavy atom. The van der Waals surface area contributed by atoms with Gasteiger partial charge in [-0.2, -0.15) is 0 Å². The Hall–Kier alpha value is -6.36. The molecule has 4 N–H and O–H groups in total. The molecule has 14 nitrogen and oxygen atoms in total. The van der Waals surface area contributed by atoms with Crippen molar-refractivity contribution in [3.8, 4) is 40.2 Å². The zero-order valence-electron chi connectivity index (χ0n) is 49.5. The number of nitrogens with zero attached hydrogens (tertiary/aromatic N) is 2. The molecule has 0 bridgehead atoms. The van der Waals surface area contributed by atoms with Gasteiger partial charge in [-0.25, -0.2) is 0 Å². The largest absolute Gasteiger partial charge is 0.497 e. The van der Waals surface area contributed by atoms with E-state index in [-0.39, 0.29) is 64.6 Å². The number of ether oxygens (including phenoxy) is 8. The van der Waals surface area contributed by atoms with Gasteiger partial charge >= 0.3 is 0 Å². The molecule has 6 unspecified atom stereocenters. The molecule has 0 saturated carbocycles. The van der Waals surface area contributed by atoms with Crippen molar-refractivity contribution < 1.29 is 58.3 Å². The predicted molar refractivity (Wildman–Crippen MR) is 320 cm³/mol. The first-order valence-electron chi connectivity index (χ1n) is 28.4. The molecular formula is C67H90N2O12. The van der Waals surface area contributed by atoms with Gasteiger partial charge in [0, 0.05) is 43.8 Å². The number of hydrogen-bond acceptors (Lipinski definition) is 14. The third-order valence-electron chi connectivity index (χ3n) is 14.8. The van der Waals surface area contributed by atoms with Gasteiger partial charge in [0.2, 0.25) is 0 Å². The molecule has 0 aliphatic carbocycles. The van der Waals surface area contributed by atoms with Crippen LogP contribution >= 0.6 is 0 Å². The van der Waals surface area contributed by atoms with Gasteiger partial charge in [-0.15, -0.1) is 0 Å². The van der Waals surface area contributed by atoms with Crippen molar-refractivity contribution in [2.45, 2.75) is 116 Å². The fourth-order valence-electron chi connectivity index (χ4n) is 9.60. The molecule has 6 rings (SSSR count). The van der Waals surface area contributed by atoms with E-state index >= 15 is 0 Å². The zero-order chi connectivity index (χ0) is 58.4. The van der Waals surface area contributed by atoms with Gasteiger partial charge in [0.15, 0.2) is 0 Å². The van der Waals surface area contributed by atoms with Crippen LogP contribution in [0.3, 0.4) is 0 Å². The highest BCUT2D eigenvalue weighted by Gasteiger charge is 2.37. The van der Waals surface area contributed by atoms with Gasteiger partial charge in [0.25, 0.3) is 0 Å². The molecule has 0 fully saturated rings. The number of aliphatic hydroxyl groups excluding tert-OH is 4. The van der Waals surface area contributed by atoms with Crippen LogP contribution in [0.1, 0.15) is 82.7 Å². The van der Waals surface area contributed by atoms with Gasteiger partial charge in [-0.3, -0.25) is 9.80 Å². The van der Waals surface area contributed by atoms with E-state index in [1.807, 2.05) is 129 Å². The second-order valence-electron chi connectivity index (χ2n) is 22.5. The van der Waals surface area contributed by atoms with E-state index in [0.29, 0.717) is 48.4 Å². The Balaban J connectivity index is 1.09. The highest BCUT2D eigenvalue weighted by molar-refractivity contribution is 5.36. The molecule has 0 aliphatic heterocycles. The van der Waals surface area contributed by atoms with Crippen molar-refractivity contribution in [1.29, 1.82) is 0 Å². The average Bonchev–Trinajstić information content (AvgIpc) is 3.55. The first kappa shape index (κ1) is 63.8. The van der Waals surface area contributed by atoms with Crippen LogP contribution in [-0.4, -0.2) is 152 Å². The Morgan fingerprint density at radius 2 is 0.802 bits per heavy atom. The number of methoxy groups -OCH3 is 2. The number of hydrogen-bond donors (Lipinski definition) is 4. The third kappa shape index (κ3) is 21.8. The Kier molecular flexibility index (Phi) is 25.0. The number of β-amino-alcohol motifs (C(OH)–C–C–N with tert-alkyl or cyclic N) is 2. The van der Waals surface area contributed by atoms with Crippen LogP contribution in [0.25, 0.3) is 0 Å². The standard InChI is InChI=1S/C67H90N2O12/c1-11-76-64-13-12-14-65(37-64)80-47-58(73)42-69(41-57(72)46-79-61-25-15-48(2)16-26-61)67(7,8)49(3)43-81-66(5,6)38-50(4)68(39-55(70)44-77-62-31-21-53(22-32-62)35-51-17-27-59(74-9)28-18-51)40-56(71)45-78-63-33-23-54(24-34-63)36-52-19-29-60(75-10)30-20-52/h12-34,37,49-50,55-58,70-73H,11,35-36,38-47H2,1-10H3. The molecule has 0 heterocycles. The molecule has 0 aromatic heterocycles. The first-order valence-corrected chi connectivity index (χ1v) is 28.4. The normalized spacial score (nSPS) is 14.2. The van der Waals surface area contributed by atoms with Gasteiger partial charge in [-0.1, -0.05) is 79.2 Å². The molecule has 0 saturated heterocycles. The number of aryl methyl sites for hydroxylation is 1. The summed E-state index contributed by atoms with van der Waals surface area (Å²) in [6, 6.07) is 46.8. The fraction of sp³-hybridized carbons (Fsp3) is 0.463. The molecule has 6 aromatic rings. The summed E-state index contributed by atoms with van der Waals surface area (Å²) in [5.74, 6) is 4.79. The number of benzene rings is 6. The van der Waals surface area contributed by atoms with Crippen molar-refractivity contribution in [3.05, 3.63) is 173 Å². The summed E-state index contributed by atoms with van der Waals surface area (Å²) in [5.41, 5.74) is 4.48. The van der Waals surface area contributed by atoms with Crippen molar-refractivity contribution in [2.75, 3.05) is 80.0 Å². The highest BCUT2D eigenvalue weighted by Crippen LogP contribution is 2.30. The Labute approximate surface area is 482 Å². The molecule has 0 spiro atoms. The Morgan fingerprint density at radius 3 is 1.20 bits per heavy atom. The van der Waals surface area contributed by atoms with Crippen LogP contribution in [0.4, 0.5) is 0 Å². The van der Waals surface area contributed by atoms with Gasteiger partial charge in [0.05, 0.1) is 33.0 Å². The van der Waals surface area contributed by atoms with Gasteiger partial charge in [0.1, 0.15) is 91.1 Å². The van der Waals surface area contributed by atoms with E-state index in [4.69, 9.17) is 37.9 Å². The quantitative estimate of drug-likeness (QED) is 0.0294. The van der Waals surface area contributed by atoms with Crippen LogP contribution in [0.2, 0.25) is 0 Å². The van der Waals surface area contributed by atoms with E-state index in [0.717, 1.165) is 41.0 Å². The molecular weight excluding hydrogens is 1020 g/mol. The summed E-state index contributed by atoms with van der Waals surface area (Å²) >= 11 is 0. The summed E-state index contributed by atoms with van der Waals surface area (Å²) < 4.78 is 47.4. The summed E-state index contributed by atoms with van der Waals surface area (Å²) in [6.07, 6.45) is -1.44. The minimum absolute atomic E-state index is 0.0321. The van der Waals surface area contributed by atoms with E-state index in [9.17, 15) is 20.4 Å². The third-order valence-corrected chi connectivity index (χ3v) is 14.8. The molecule has 6 atom stereocenters. The van der Waals surface area contributed by atoms with Crippen molar-refractivity contribution in [1.82, 2.24) is 9.80 Å². The maximum Gasteiger partial charge on any atom is 0.123 e. The van der Waals surface area contributed by atoms with E-state index in [1.165, 1.54) is 11.1 Å². The molecule has 81 heavy (non-hydrogen) atoms. The van der Waals surface area contributed by atoms with Crippen LogP contribution < -0.4 is 33.2 Å². The fourth-order valence-corrected chi connectivity index (χ4v) is 9.60. The maximum absolute atomic E-state index is 11.6. The van der Waals surface area contributed by atoms with Crippen molar-refractivity contribution in [2.24, 2.45) is 5.92 Å². The van der Waals surface area contributed by atoms with E-state index in [1.54, 1.807) is 20.3 Å². The molecule has 0 amide bonds. The summed E-state index contributed by atoms with van der Waals surface area (Å²) in [5, 5.41) is 46.1. The average molecular weight is 1120 g/mol. The number of rotatable bonds is 36. The molecule has 6 aromatic carbocycles. The van der Waals surface area contributed by atoms with Crippen LogP contribution in [-0.2, 0) is 17.6 Å². The van der Waals surface area contributed by atoms with E-state index < -0.39 is 35.6 Å². The summed E-state index contributed by atoms with van der Waals surface area (Å²) in [4.78, 5) is 4.17. The minimum atomic E-state index is -0.893. The highest BCUT2D eigenvalue weighted by atomic mass is 16.5. The predicted octanol–water partition coefficient (Wildman–Crippen LogP) is 10.2. The smallest absolute Gasteiger partial charge is 0.123 e. The lowest BCUT2D eigenvalue weighted by molar-refractivity contribution is -0.0895. The molecule has 0 aliphatic rings. The lowest BCUT2D eigenvalue weighted by Gasteiger charge is -2.45. The maximum atomic E-state index is 11.6. The van der Waals surface area contributed by atoms with Gasteiger partial charge in [-0.05, 0) is 169 Å². The van der Waals surface area contributed by atoms with Crippen LogP contribution in [0, 0.1) is 12.8 Å².